The Bertz CT molecular complexity index is 930. The minimum atomic E-state index is -0.513. The lowest BCUT2D eigenvalue weighted by Crippen LogP contribution is -2.24. The molecular weight excluding hydrogens is 340 g/mol. The molecule has 0 saturated heterocycles. The molecule has 0 saturated carbocycles. The van der Waals surface area contributed by atoms with Crippen LogP contribution in [-0.4, -0.2) is 35.8 Å². The van der Waals surface area contributed by atoms with Crippen molar-refractivity contribution in [2.24, 2.45) is 0 Å². The summed E-state index contributed by atoms with van der Waals surface area (Å²) < 4.78 is 5.07. The second kappa shape index (κ2) is 8.40. The van der Waals surface area contributed by atoms with Crippen molar-refractivity contribution in [1.29, 1.82) is 0 Å². The Kier molecular flexibility index (Phi) is 5.76. The fourth-order valence-electron chi connectivity index (χ4n) is 2.98. The zero-order valence-electron chi connectivity index (χ0n) is 15.7. The van der Waals surface area contributed by atoms with Crippen molar-refractivity contribution >= 4 is 28.5 Å². The first-order valence-electron chi connectivity index (χ1n) is 9.05. The van der Waals surface area contributed by atoms with E-state index in [4.69, 9.17) is 4.74 Å². The molecule has 0 spiro atoms. The van der Waals surface area contributed by atoms with E-state index >= 15 is 0 Å². The molecule has 3 rings (SSSR count). The van der Waals surface area contributed by atoms with E-state index in [2.05, 4.69) is 40.6 Å². The maximum absolute atomic E-state index is 12.1. The Morgan fingerprint density at radius 2 is 2.00 bits per heavy atom. The van der Waals surface area contributed by atoms with E-state index in [1.165, 1.54) is 6.08 Å². The Balaban J connectivity index is 2.03. The number of anilines is 2. The van der Waals surface area contributed by atoms with Crippen LogP contribution < -0.4 is 10.2 Å². The third kappa shape index (κ3) is 4.11. The number of nitrogens with one attached hydrogen (secondary N) is 2. The normalized spacial score (nSPS) is 10.6. The number of imidazole rings is 1. The van der Waals surface area contributed by atoms with Gasteiger partial charge in [-0.1, -0.05) is 43.0 Å². The van der Waals surface area contributed by atoms with Crippen LogP contribution in [0.4, 0.5) is 16.2 Å². The summed E-state index contributed by atoms with van der Waals surface area (Å²) in [6, 6.07) is 13.8. The summed E-state index contributed by atoms with van der Waals surface area (Å²) in [5.74, 6) is 0.794. The van der Waals surface area contributed by atoms with Crippen molar-refractivity contribution in [3.63, 3.8) is 0 Å². The lowest BCUT2D eigenvalue weighted by Gasteiger charge is -2.24. The Morgan fingerprint density at radius 1 is 1.26 bits per heavy atom. The number of H-pyrrole nitrogens is 1. The number of benzene rings is 2. The van der Waals surface area contributed by atoms with Gasteiger partial charge >= 0.3 is 6.09 Å². The minimum Gasteiger partial charge on any atom is -0.445 e. The Hall–Kier alpha value is -3.28. The first-order valence-corrected chi connectivity index (χ1v) is 9.05. The van der Waals surface area contributed by atoms with Crippen LogP contribution in [0, 0.1) is 0 Å². The van der Waals surface area contributed by atoms with Crippen LogP contribution in [0.15, 0.2) is 55.1 Å². The number of nitrogens with zero attached hydrogens (tertiary/aromatic N) is 2. The predicted octanol–water partition coefficient (Wildman–Crippen LogP) is 4.81. The molecule has 1 amide bonds. The highest BCUT2D eigenvalue weighted by Gasteiger charge is 2.16. The quantitative estimate of drug-likeness (QED) is 0.590. The molecule has 0 fully saturated rings. The van der Waals surface area contributed by atoms with Crippen molar-refractivity contribution in [3.05, 3.63) is 55.1 Å². The standard InChI is InChI=1S/C21H24N4O2/c1-4-12-27-21(26)24-18-13-16-17(14-19(18)25(5-2)6-3)23-20(22-16)15-10-8-7-9-11-15/h4,7-11,13-14H,1,5-6,12H2,2-3H3,(H,22,23)(H,24,26). The van der Waals surface area contributed by atoms with Crippen LogP contribution in [0.25, 0.3) is 22.4 Å². The monoisotopic (exact) mass is 364 g/mol. The molecule has 0 unspecified atom stereocenters. The second-order valence-corrected chi connectivity index (χ2v) is 6.02. The van der Waals surface area contributed by atoms with Gasteiger partial charge < -0.3 is 14.6 Å². The molecule has 1 heterocycles. The van der Waals surface area contributed by atoms with E-state index in [0.717, 1.165) is 41.2 Å². The van der Waals surface area contributed by atoms with Gasteiger partial charge in [0.05, 0.1) is 22.4 Å². The summed E-state index contributed by atoms with van der Waals surface area (Å²) in [4.78, 5) is 22.3. The zero-order valence-corrected chi connectivity index (χ0v) is 15.7. The van der Waals surface area contributed by atoms with Gasteiger partial charge in [-0.05, 0) is 26.0 Å². The number of rotatable bonds is 7. The van der Waals surface area contributed by atoms with Gasteiger partial charge in [0.1, 0.15) is 12.4 Å². The van der Waals surface area contributed by atoms with Crippen LogP contribution in [0.1, 0.15) is 13.8 Å². The van der Waals surface area contributed by atoms with Crippen molar-refractivity contribution in [2.75, 3.05) is 29.9 Å². The summed E-state index contributed by atoms with van der Waals surface area (Å²) in [7, 11) is 0. The van der Waals surface area contributed by atoms with E-state index in [0.29, 0.717) is 5.69 Å². The third-order valence-corrected chi connectivity index (χ3v) is 4.32. The summed E-state index contributed by atoms with van der Waals surface area (Å²) in [5, 5.41) is 2.83. The van der Waals surface area contributed by atoms with Crippen LogP contribution in [-0.2, 0) is 4.74 Å². The molecule has 1 aromatic heterocycles. The largest absolute Gasteiger partial charge is 0.445 e. The smallest absolute Gasteiger partial charge is 0.412 e. The number of carbonyl (C=O) groups is 1. The summed E-state index contributed by atoms with van der Waals surface area (Å²) in [5.41, 5.74) is 4.31. The van der Waals surface area contributed by atoms with E-state index in [1.54, 1.807) is 0 Å². The topological polar surface area (TPSA) is 70.2 Å². The molecule has 0 radical (unpaired) electrons. The summed E-state index contributed by atoms with van der Waals surface area (Å²) in [6.45, 7) is 9.51. The molecule has 27 heavy (non-hydrogen) atoms. The highest BCUT2D eigenvalue weighted by atomic mass is 16.5. The zero-order chi connectivity index (χ0) is 19.2. The first kappa shape index (κ1) is 18.5. The van der Waals surface area contributed by atoms with Crippen LogP contribution in [0.2, 0.25) is 0 Å². The maximum Gasteiger partial charge on any atom is 0.412 e. The fourth-order valence-corrected chi connectivity index (χ4v) is 2.98. The van der Waals surface area contributed by atoms with E-state index in [9.17, 15) is 4.79 Å². The maximum atomic E-state index is 12.1. The van der Waals surface area contributed by atoms with Gasteiger partial charge in [0, 0.05) is 18.7 Å². The predicted molar refractivity (Wildman–Crippen MR) is 110 cm³/mol. The number of hydrogen-bond donors (Lipinski definition) is 2. The molecule has 2 N–H and O–H groups in total. The molecule has 6 nitrogen and oxygen atoms in total. The molecule has 3 aromatic rings. The number of hydrogen-bond acceptors (Lipinski definition) is 4. The lowest BCUT2D eigenvalue weighted by atomic mass is 10.2. The molecular formula is C21H24N4O2. The Morgan fingerprint density at radius 3 is 2.67 bits per heavy atom. The highest BCUT2D eigenvalue weighted by Crippen LogP contribution is 2.32. The minimum absolute atomic E-state index is 0.162. The van der Waals surface area contributed by atoms with Crippen LogP contribution >= 0.6 is 0 Å². The molecule has 0 aliphatic carbocycles. The molecule has 0 atom stereocenters. The second-order valence-electron chi connectivity index (χ2n) is 6.02. The van der Waals surface area contributed by atoms with Gasteiger partial charge in [-0.15, -0.1) is 0 Å². The molecule has 140 valence electrons. The Labute approximate surface area is 158 Å². The molecule has 6 heteroatoms. The lowest BCUT2D eigenvalue weighted by molar-refractivity contribution is 0.174. The van der Waals surface area contributed by atoms with Gasteiger partial charge in [0.2, 0.25) is 0 Å². The molecule has 0 aliphatic heterocycles. The average Bonchev–Trinajstić information content (AvgIpc) is 3.11. The first-order chi connectivity index (χ1) is 13.2. The number of carbonyl (C=O) groups excluding carboxylic acids is 1. The third-order valence-electron chi connectivity index (χ3n) is 4.32. The highest BCUT2D eigenvalue weighted by molar-refractivity contribution is 5.96. The van der Waals surface area contributed by atoms with E-state index in [-0.39, 0.29) is 6.61 Å². The van der Waals surface area contributed by atoms with Gasteiger partial charge in [-0.3, -0.25) is 5.32 Å². The average molecular weight is 364 g/mol. The van der Waals surface area contributed by atoms with E-state index < -0.39 is 6.09 Å². The molecule has 0 bridgehead atoms. The van der Waals surface area contributed by atoms with Crippen molar-refractivity contribution < 1.29 is 9.53 Å². The van der Waals surface area contributed by atoms with Crippen molar-refractivity contribution in [3.8, 4) is 11.4 Å². The summed E-state index contributed by atoms with van der Waals surface area (Å²) >= 11 is 0. The number of aromatic nitrogens is 2. The molecule has 0 aliphatic rings. The van der Waals surface area contributed by atoms with Gasteiger partial charge in [0.25, 0.3) is 0 Å². The van der Waals surface area contributed by atoms with Gasteiger partial charge in [-0.2, -0.15) is 0 Å². The SMILES string of the molecule is C=CCOC(=O)Nc1cc2nc(-c3ccccc3)[nH]c2cc1N(CC)CC. The van der Waals surface area contributed by atoms with Gasteiger partial charge in [0.15, 0.2) is 0 Å². The van der Waals surface area contributed by atoms with Crippen LogP contribution in [0.3, 0.4) is 0 Å². The van der Waals surface area contributed by atoms with Gasteiger partial charge in [-0.25, -0.2) is 9.78 Å². The number of aromatic amines is 1. The number of fused-ring (bicyclic) bond motifs is 1. The van der Waals surface area contributed by atoms with Crippen molar-refractivity contribution in [2.45, 2.75) is 13.8 Å². The number of ether oxygens (including phenoxy) is 1. The fraction of sp³-hybridized carbons (Fsp3) is 0.238. The van der Waals surface area contributed by atoms with E-state index in [1.807, 2.05) is 42.5 Å². The number of amides is 1. The van der Waals surface area contributed by atoms with Crippen molar-refractivity contribution in [1.82, 2.24) is 9.97 Å². The summed E-state index contributed by atoms with van der Waals surface area (Å²) in [6.07, 6.45) is 1.02. The van der Waals surface area contributed by atoms with Crippen LogP contribution in [0.5, 0.6) is 0 Å². The molecule has 2 aromatic carbocycles.